The van der Waals surface area contributed by atoms with Crippen molar-refractivity contribution in [1.82, 2.24) is 5.32 Å². The van der Waals surface area contributed by atoms with E-state index in [1.54, 1.807) is 6.92 Å². The Kier molecular flexibility index (Phi) is 6.09. The summed E-state index contributed by atoms with van der Waals surface area (Å²) in [6.45, 7) is 3.66. The van der Waals surface area contributed by atoms with Crippen molar-refractivity contribution in [2.75, 3.05) is 6.54 Å². The minimum Gasteiger partial charge on any atom is -0.480 e. The maximum Gasteiger partial charge on any atom is 0.339 e. The molecular weight excluding hydrogens is 394 g/mol. The molecule has 0 radical (unpaired) electrons. The van der Waals surface area contributed by atoms with Gasteiger partial charge in [0.25, 0.3) is 5.91 Å². The normalized spacial score (nSPS) is 15.2. The SMILES string of the molecule is Cc1cc(O[C@@H](C)C(=O)NC[C@H](O)c2ccccc2)c2c3c(c(=O)oc2c1)CCCC3. The summed E-state index contributed by atoms with van der Waals surface area (Å²) in [4.78, 5) is 25.0. The zero-order valence-electron chi connectivity index (χ0n) is 17.8. The Labute approximate surface area is 180 Å². The molecule has 0 saturated heterocycles. The lowest BCUT2D eigenvalue weighted by atomic mass is 9.90. The van der Waals surface area contributed by atoms with E-state index in [0.717, 1.165) is 46.9 Å². The fourth-order valence-electron chi connectivity index (χ4n) is 4.14. The lowest BCUT2D eigenvalue weighted by Gasteiger charge is -2.21. The van der Waals surface area contributed by atoms with Crippen molar-refractivity contribution >= 4 is 16.9 Å². The van der Waals surface area contributed by atoms with E-state index in [0.29, 0.717) is 17.8 Å². The van der Waals surface area contributed by atoms with Crippen LogP contribution in [0.1, 0.15) is 48.1 Å². The van der Waals surface area contributed by atoms with E-state index < -0.39 is 12.2 Å². The molecule has 4 rings (SSSR count). The summed E-state index contributed by atoms with van der Waals surface area (Å²) < 4.78 is 11.6. The number of fused-ring (bicyclic) bond motifs is 3. The number of carbonyl (C=O) groups excluding carboxylic acids is 1. The van der Waals surface area contributed by atoms with Crippen LogP contribution in [0, 0.1) is 6.92 Å². The van der Waals surface area contributed by atoms with E-state index in [2.05, 4.69) is 5.32 Å². The van der Waals surface area contributed by atoms with Crippen molar-refractivity contribution in [3.05, 3.63) is 75.1 Å². The molecular formula is C25H27NO5. The number of rotatable bonds is 6. The summed E-state index contributed by atoms with van der Waals surface area (Å²) in [6.07, 6.45) is 1.90. The third-order valence-corrected chi connectivity index (χ3v) is 5.76. The van der Waals surface area contributed by atoms with Gasteiger partial charge in [0, 0.05) is 12.1 Å². The van der Waals surface area contributed by atoms with Gasteiger partial charge in [-0.25, -0.2) is 4.79 Å². The summed E-state index contributed by atoms with van der Waals surface area (Å²) in [7, 11) is 0. The number of hydrogen-bond acceptors (Lipinski definition) is 5. The fourth-order valence-corrected chi connectivity index (χ4v) is 4.14. The van der Waals surface area contributed by atoms with Gasteiger partial charge in [-0.05, 0) is 68.4 Å². The van der Waals surface area contributed by atoms with Gasteiger partial charge in [-0.2, -0.15) is 0 Å². The van der Waals surface area contributed by atoms with Crippen molar-refractivity contribution in [2.45, 2.75) is 51.7 Å². The third kappa shape index (κ3) is 4.49. The van der Waals surface area contributed by atoms with E-state index in [1.165, 1.54) is 0 Å². The first-order valence-electron chi connectivity index (χ1n) is 10.7. The van der Waals surface area contributed by atoms with Crippen LogP contribution in [-0.2, 0) is 17.6 Å². The summed E-state index contributed by atoms with van der Waals surface area (Å²) in [5.41, 5.74) is 3.53. The van der Waals surface area contributed by atoms with Crippen LogP contribution in [-0.4, -0.2) is 23.7 Å². The Morgan fingerprint density at radius 2 is 1.87 bits per heavy atom. The van der Waals surface area contributed by atoms with Crippen molar-refractivity contribution < 1.29 is 19.1 Å². The van der Waals surface area contributed by atoms with E-state index in [-0.39, 0.29) is 18.1 Å². The Balaban J connectivity index is 1.55. The number of aryl methyl sites for hydroxylation is 2. The molecule has 1 heterocycles. The molecule has 1 aromatic heterocycles. The number of aliphatic hydroxyl groups excluding tert-OH is 1. The van der Waals surface area contributed by atoms with E-state index in [4.69, 9.17) is 9.15 Å². The summed E-state index contributed by atoms with van der Waals surface area (Å²) in [5.74, 6) is 0.221. The molecule has 1 aliphatic carbocycles. The van der Waals surface area contributed by atoms with Gasteiger partial charge in [0.2, 0.25) is 0 Å². The molecule has 2 aromatic carbocycles. The molecule has 0 bridgehead atoms. The topological polar surface area (TPSA) is 88.8 Å². The van der Waals surface area contributed by atoms with Crippen molar-refractivity contribution in [3.8, 4) is 5.75 Å². The molecule has 0 unspecified atom stereocenters. The molecule has 2 atom stereocenters. The molecule has 31 heavy (non-hydrogen) atoms. The first kappa shape index (κ1) is 21.1. The van der Waals surface area contributed by atoms with Gasteiger partial charge in [-0.1, -0.05) is 30.3 Å². The predicted octanol–water partition coefficient (Wildman–Crippen LogP) is 3.60. The number of nitrogens with one attached hydrogen (secondary N) is 1. The van der Waals surface area contributed by atoms with Crippen LogP contribution in [0.2, 0.25) is 0 Å². The predicted molar refractivity (Wildman–Crippen MR) is 118 cm³/mol. The Hall–Kier alpha value is -3.12. The number of hydrogen-bond donors (Lipinski definition) is 2. The maximum absolute atomic E-state index is 12.6. The van der Waals surface area contributed by atoms with Crippen molar-refractivity contribution in [2.24, 2.45) is 0 Å². The molecule has 6 nitrogen and oxygen atoms in total. The zero-order chi connectivity index (χ0) is 22.0. The number of benzene rings is 2. The van der Waals surface area contributed by atoms with Crippen LogP contribution in [0.3, 0.4) is 0 Å². The second kappa shape index (κ2) is 8.94. The van der Waals surface area contributed by atoms with Gasteiger partial charge in [0.05, 0.1) is 11.5 Å². The van der Waals surface area contributed by atoms with E-state index in [9.17, 15) is 14.7 Å². The number of carbonyl (C=O) groups is 1. The highest BCUT2D eigenvalue weighted by atomic mass is 16.5. The largest absolute Gasteiger partial charge is 0.480 e. The van der Waals surface area contributed by atoms with E-state index in [1.807, 2.05) is 49.4 Å². The average Bonchev–Trinajstić information content (AvgIpc) is 2.77. The lowest BCUT2D eigenvalue weighted by molar-refractivity contribution is -0.127. The van der Waals surface area contributed by atoms with Gasteiger partial charge in [-0.3, -0.25) is 4.79 Å². The van der Waals surface area contributed by atoms with Crippen LogP contribution in [0.25, 0.3) is 11.0 Å². The highest BCUT2D eigenvalue weighted by Gasteiger charge is 2.23. The summed E-state index contributed by atoms with van der Waals surface area (Å²) in [5, 5.41) is 13.8. The molecule has 162 valence electrons. The van der Waals surface area contributed by atoms with Crippen LogP contribution in [0.5, 0.6) is 5.75 Å². The lowest BCUT2D eigenvalue weighted by Crippen LogP contribution is -2.38. The summed E-state index contributed by atoms with van der Waals surface area (Å²) in [6, 6.07) is 12.9. The standard InChI is InChI=1S/C25H27NO5/c1-15-12-21(23-18-10-6-7-11-19(18)25(29)31-22(23)13-15)30-16(2)24(28)26-14-20(27)17-8-4-3-5-9-17/h3-5,8-9,12-13,16,20,27H,6-7,10-11,14H2,1-2H3,(H,26,28)/t16-,20-/m0/s1. The number of amides is 1. The molecule has 0 aliphatic heterocycles. The highest BCUT2D eigenvalue weighted by Crippen LogP contribution is 2.35. The van der Waals surface area contributed by atoms with Gasteiger partial charge >= 0.3 is 5.63 Å². The molecule has 6 heteroatoms. The minimum atomic E-state index is -0.793. The van der Waals surface area contributed by atoms with Crippen molar-refractivity contribution in [1.29, 1.82) is 0 Å². The van der Waals surface area contributed by atoms with Gasteiger partial charge < -0.3 is 19.6 Å². The fraction of sp³-hybridized carbons (Fsp3) is 0.360. The molecule has 2 N–H and O–H groups in total. The molecule has 0 spiro atoms. The molecule has 0 fully saturated rings. The van der Waals surface area contributed by atoms with Crippen LogP contribution >= 0.6 is 0 Å². The summed E-state index contributed by atoms with van der Waals surface area (Å²) >= 11 is 0. The highest BCUT2D eigenvalue weighted by molar-refractivity contribution is 5.89. The second-order valence-electron chi connectivity index (χ2n) is 8.12. The molecule has 0 saturated carbocycles. The van der Waals surface area contributed by atoms with Crippen molar-refractivity contribution in [3.63, 3.8) is 0 Å². The minimum absolute atomic E-state index is 0.0926. The van der Waals surface area contributed by atoms with Crippen LogP contribution in [0.15, 0.2) is 51.7 Å². The number of ether oxygens (including phenoxy) is 1. The van der Waals surface area contributed by atoms with Gasteiger partial charge in [0.1, 0.15) is 11.3 Å². The zero-order valence-corrected chi connectivity index (χ0v) is 17.8. The van der Waals surface area contributed by atoms with Crippen LogP contribution in [0.4, 0.5) is 0 Å². The molecule has 3 aromatic rings. The van der Waals surface area contributed by atoms with Gasteiger partial charge in [0.15, 0.2) is 6.10 Å². The molecule has 1 aliphatic rings. The average molecular weight is 421 g/mol. The maximum atomic E-state index is 12.6. The second-order valence-corrected chi connectivity index (χ2v) is 8.12. The quantitative estimate of drug-likeness (QED) is 0.594. The van der Waals surface area contributed by atoms with Crippen LogP contribution < -0.4 is 15.7 Å². The first-order valence-corrected chi connectivity index (χ1v) is 10.7. The Bertz CT molecular complexity index is 1150. The van der Waals surface area contributed by atoms with Gasteiger partial charge in [-0.15, -0.1) is 0 Å². The monoisotopic (exact) mass is 421 g/mol. The Morgan fingerprint density at radius 3 is 2.61 bits per heavy atom. The smallest absolute Gasteiger partial charge is 0.339 e. The third-order valence-electron chi connectivity index (χ3n) is 5.76. The Morgan fingerprint density at radius 1 is 1.16 bits per heavy atom. The number of aliphatic hydroxyl groups is 1. The van der Waals surface area contributed by atoms with E-state index >= 15 is 0 Å². The molecule has 1 amide bonds. The first-order chi connectivity index (χ1) is 14.9.